The van der Waals surface area contributed by atoms with Crippen LogP contribution in [0.4, 0.5) is 0 Å². The second kappa shape index (κ2) is 7.05. The molecule has 0 spiro atoms. The first kappa shape index (κ1) is 13.7. The van der Waals surface area contributed by atoms with Crippen molar-refractivity contribution in [3.63, 3.8) is 0 Å². The fourth-order valence-corrected chi connectivity index (χ4v) is 2.24. The summed E-state index contributed by atoms with van der Waals surface area (Å²) in [5.41, 5.74) is 0. The highest BCUT2D eigenvalue weighted by Gasteiger charge is 2.02. The summed E-state index contributed by atoms with van der Waals surface area (Å²) in [5.74, 6) is 0.712. The van der Waals surface area contributed by atoms with Crippen molar-refractivity contribution in [2.45, 2.75) is 47.0 Å². The molecule has 0 aliphatic rings. The standard InChI is InChI=1S/C13H23NOS/c1-10(2)7-14-8-12-5-6-13(16-12)9-15-11(3)4/h5-6,10-11,14H,7-9H2,1-4H3. The first-order valence-corrected chi connectivity index (χ1v) is 6.79. The highest BCUT2D eigenvalue weighted by molar-refractivity contribution is 7.11. The number of ether oxygens (including phenoxy) is 1. The third-order valence-electron chi connectivity index (χ3n) is 2.13. The van der Waals surface area contributed by atoms with Crippen LogP contribution in [-0.2, 0) is 17.9 Å². The highest BCUT2D eigenvalue weighted by atomic mass is 32.1. The quantitative estimate of drug-likeness (QED) is 0.790. The van der Waals surface area contributed by atoms with E-state index in [1.165, 1.54) is 9.75 Å². The molecule has 2 nitrogen and oxygen atoms in total. The molecule has 92 valence electrons. The molecule has 0 aliphatic carbocycles. The molecule has 0 amide bonds. The highest BCUT2D eigenvalue weighted by Crippen LogP contribution is 2.17. The van der Waals surface area contributed by atoms with Crippen molar-refractivity contribution in [2.24, 2.45) is 5.92 Å². The molecule has 0 unspecified atom stereocenters. The zero-order valence-electron chi connectivity index (χ0n) is 10.7. The summed E-state index contributed by atoms with van der Waals surface area (Å²) < 4.78 is 5.57. The van der Waals surface area contributed by atoms with Crippen LogP contribution in [-0.4, -0.2) is 12.6 Å². The van der Waals surface area contributed by atoms with E-state index in [0.29, 0.717) is 12.0 Å². The maximum atomic E-state index is 5.57. The van der Waals surface area contributed by atoms with Crippen molar-refractivity contribution in [2.75, 3.05) is 6.54 Å². The number of hydrogen-bond donors (Lipinski definition) is 1. The largest absolute Gasteiger partial charge is 0.373 e. The van der Waals surface area contributed by atoms with Crippen LogP contribution < -0.4 is 5.32 Å². The molecule has 0 radical (unpaired) electrons. The van der Waals surface area contributed by atoms with Crippen molar-refractivity contribution < 1.29 is 4.74 Å². The van der Waals surface area contributed by atoms with Crippen LogP contribution in [0.2, 0.25) is 0 Å². The van der Waals surface area contributed by atoms with Gasteiger partial charge < -0.3 is 10.1 Å². The molecule has 0 aromatic carbocycles. The van der Waals surface area contributed by atoms with Crippen molar-refractivity contribution in [1.82, 2.24) is 5.32 Å². The van der Waals surface area contributed by atoms with Gasteiger partial charge in [-0.3, -0.25) is 0 Å². The summed E-state index contributed by atoms with van der Waals surface area (Å²) in [7, 11) is 0. The molecule has 16 heavy (non-hydrogen) atoms. The monoisotopic (exact) mass is 241 g/mol. The van der Waals surface area contributed by atoms with Crippen LogP contribution in [0.15, 0.2) is 12.1 Å². The molecule has 1 heterocycles. The third kappa shape index (κ3) is 5.64. The van der Waals surface area contributed by atoms with Gasteiger partial charge in [0, 0.05) is 16.3 Å². The van der Waals surface area contributed by atoms with Crippen molar-refractivity contribution in [1.29, 1.82) is 0 Å². The predicted octanol–water partition coefficient (Wildman–Crippen LogP) is 3.42. The Labute approximate surface area is 103 Å². The maximum absolute atomic E-state index is 5.57. The minimum atomic E-state index is 0.310. The van der Waals surface area contributed by atoms with Gasteiger partial charge in [0.1, 0.15) is 0 Å². The topological polar surface area (TPSA) is 21.3 Å². The molecule has 0 aliphatic heterocycles. The Balaban J connectivity index is 2.28. The summed E-state index contributed by atoms with van der Waals surface area (Å²) >= 11 is 1.84. The number of hydrogen-bond acceptors (Lipinski definition) is 3. The summed E-state index contributed by atoms with van der Waals surface area (Å²) in [6.45, 7) is 11.4. The molecule has 3 heteroatoms. The van der Waals surface area contributed by atoms with Gasteiger partial charge in [0.15, 0.2) is 0 Å². The molecule has 1 aromatic rings. The number of nitrogens with one attached hydrogen (secondary N) is 1. The molecule has 0 fully saturated rings. The fourth-order valence-electron chi connectivity index (χ4n) is 1.33. The van der Waals surface area contributed by atoms with Crippen molar-refractivity contribution >= 4 is 11.3 Å². The first-order valence-electron chi connectivity index (χ1n) is 5.98. The van der Waals surface area contributed by atoms with Crippen LogP contribution in [0.1, 0.15) is 37.4 Å². The van der Waals surface area contributed by atoms with Gasteiger partial charge in [0.25, 0.3) is 0 Å². The average Bonchev–Trinajstić information content (AvgIpc) is 2.62. The Morgan fingerprint density at radius 3 is 2.50 bits per heavy atom. The van der Waals surface area contributed by atoms with Gasteiger partial charge in [-0.25, -0.2) is 0 Å². The zero-order valence-corrected chi connectivity index (χ0v) is 11.6. The first-order chi connectivity index (χ1) is 7.58. The molecular formula is C13H23NOS. The Morgan fingerprint density at radius 1 is 1.19 bits per heavy atom. The SMILES string of the molecule is CC(C)CNCc1ccc(COC(C)C)s1. The minimum absolute atomic E-state index is 0.310. The zero-order chi connectivity index (χ0) is 12.0. The van der Waals surface area contributed by atoms with Crippen molar-refractivity contribution in [3.8, 4) is 0 Å². The normalized spacial score (nSPS) is 11.6. The van der Waals surface area contributed by atoms with Crippen molar-refractivity contribution in [3.05, 3.63) is 21.9 Å². The molecular weight excluding hydrogens is 218 g/mol. The van der Waals surface area contributed by atoms with Gasteiger partial charge in [0.2, 0.25) is 0 Å². The van der Waals surface area contributed by atoms with E-state index in [4.69, 9.17) is 4.74 Å². The van der Waals surface area contributed by atoms with Gasteiger partial charge in [0.05, 0.1) is 12.7 Å². The third-order valence-corrected chi connectivity index (χ3v) is 3.19. The van der Waals surface area contributed by atoms with E-state index < -0.39 is 0 Å². The predicted molar refractivity (Wildman–Crippen MR) is 70.8 cm³/mol. The molecule has 0 bridgehead atoms. The molecule has 0 saturated heterocycles. The Kier molecular flexibility index (Phi) is 6.03. The Hall–Kier alpha value is -0.380. The van der Waals surface area contributed by atoms with E-state index in [1.54, 1.807) is 0 Å². The second-order valence-corrected chi connectivity index (χ2v) is 6.01. The van der Waals surface area contributed by atoms with Gasteiger partial charge in [-0.15, -0.1) is 11.3 Å². The lowest BCUT2D eigenvalue weighted by atomic mass is 10.2. The lowest BCUT2D eigenvalue weighted by molar-refractivity contribution is 0.0674. The fraction of sp³-hybridized carbons (Fsp3) is 0.692. The average molecular weight is 241 g/mol. The van der Waals surface area contributed by atoms with Crippen LogP contribution >= 0.6 is 11.3 Å². The second-order valence-electron chi connectivity index (χ2n) is 4.75. The van der Waals surface area contributed by atoms with E-state index >= 15 is 0 Å². The van der Waals surface area contributed by atoms with Crippen LogP contribution in [0, 0.1) is 5.92 Å². The number of rotatable bonds is 7. The van der Waals surface area contributed by atoms with Gasteiger partial charge in [-0.2, -0.15) is 0 Å². The van der Waals surface area contributed by atoms with E-state index in [9.17, 15) is 0 Å². The van der Waals surface area contributed by atoms with E-state index in [0.717, 1.165) is 19.7 Å². The Morgan fingerprint density at radius 2 is 1.88 bits per heavy atom. The van der Waals surface area contributed by atoms with E-state index in [1.807, 2.05) is 11.3 Å². The summed E-state index contributed by atoms with van der Waals surface area (Å²) in [4.78, 5) is 2.71. The Bertz CT molecular complexity index is 294. The van der Waals surface area contributed by atoms with E-state index in [2.05, 4.69) is 45.1 Å². The van der Waals surface area contributed by atoms with Crippen LogP contribution in [0.5, 0.6) is 0 Å². The maximum Gasteiger partial charge on any atom is 0.0812 e. The summed E-state index contributed by atoms with van der Waals surface area (Å²) in [5, 5.41) is 3.45. The molecule has 0 saturated carbocycles. The van der Waals surface area contributed by atoms with Gasteiger partial charge >= 0.3 is 0 Å². The lowest BCUT2D eigenvalue weighted by Gasteiger charge is -2.06. The van der Waals surface area contributed by atoms with E-state index in [-0.39, 0.29) is 0 Å². The molecule has 0 atom stereocenters. The van der Waals surface area contributed by atoms with Crippen LogP contribution in [0.3, 0.4) is 0 Å². The number of thiophene rings is 1. The van der Waals surface area contributed by atoms with Gasteiger partial charge in [-0.05, 0) is 38.4 Å². The smallest absolute Gasteiger partial charge is 0.0812 e. The summed E-state index contributed by atoms with van der Waals surface area (Å²) in [6.07, 6.45) is 0.310. The molecule has 1 N–H and O–H groups in total. The molecule has 1 rings (SSSR count). The minimum Gasteiger partial charge on any atom is -0.373 e. The van der Waals surface area contributed by atoms with Crippen LogP contribution in [0.25, 0.3) is 0 Å². The lowest BCUT2D eigenvalue weighted by Crippen LogP contribution is -2.18. The molecule has 1 aromatic heterocycles. The van der Waals surface area contributed by atoms with Gasteiger partial charge in [-0.1, -0.05) is 13.8 Å². The summed E-state index contributed by atoms with van der Waals surface area (Å²) in [6, 6.07) is 4.36.